The van der Waals surface area contributed by atoms with Gasteiger partial charge in [0.25, 0.3) is 0 Å². The summed E-state index contributed by atoms with van der Waals surface area (Å²) >= 11 is 0. The minimum atomic E-state index is 0.263. The summed E-state index contributed by atoms with van der Waals surface area (Å²) in [6.07, 6.45) is 5.96. The number of para-hydroxylation sites is 2. The summed E-state index contributed by atoms with van der Waals surface area (Å²) in [4.78, 5) is 0. The molecule has 0 unspecified atom stereocenters. The Morgan fingerprint density at radius 3 is 2.47 bits per heavy atom. The molecule has 1 heterocycles. The van der Waals surface area contributed by atoms with Crippen molar-refractivity contribution in [3.8, 4) is 0 Å². The van der Waals surface area contributed by atoms with E-state index in [1.54, 1.807) is 0 Å². The van der Waals surface area contributed by atoms with Gasteiger partial charge in [-0.3, -0.25) is 0 Å². The molecule has 1 aromatic carbocycles. The maximum absolute atomic E-state index is 3.41. The molecule has 0 amide bonds. The largest absolute Gasteiger partial charge is 0.404 e. The second-order valence-electron chi connectivity index (χ2n) is 3.88. The predicted octanol–water partition coefficient (Wildman–Crippen LogP) is 3.30. The molecule has 0 bridgehead atoms. The van der Waals surface area contributed by atoms with E-state index in [2.05, 4.69) is 53.7 Å². The normalized spacial score (nSPS) is 13.8. The van der Waals surface area contributed by atoms with Crippen molar-refractivity contribution in [3.63, 3.8) is 0 Å². The fourth-order valence-electron chi connectivity index (χ4n) is 1.76. The van der Waals surface area contributed by atoms with Crippen molar-refractivity contribution in [1.82, 2.24) is 0 Å². The van der Waals surface area contributed by atoms with E-state index in [-0.39, 0.29) is 6.98 Å². The summed E-state index contributed by atoms with van der Waals surface area (Å²) in [5.41, 5.74) is 2.39. The lowest BCUT2D eigenvalue weighted by atomic mass is 9.78. The molecule has 0 aromatic heterocycles. The Bertz CT molecular complexity index is 324. The second kappa shape index (κ2) is 4.92. The third-order valence-corrected chi connectivity index (χ3v) is 2.60. The van der Waals surface area contributed by atoms with Gasteiger partial charge in [-0.2, -0.15) is 0 Å². The van der Waals surface area contributed by atoms with Crippen molar-refractivity contribution in [2.24, 2.45) is 0 Å². The second-order valence-corrected chi connectivity index (χ2v) is 3.88. The van der Waals surface area contributed by atoms with Crippen molar-refractivity contribution < 1.29 is 0 Å². The van der Waals surface area contributed by atoms with E-state index in [0.29, 0.717) is 0 Å². The molecule has 2 rings (SSSR count). The van der Waals surface area contributed by atoms with Crippen molar-refractivity contribution in [3.05, 3.63) is 36.3 Å². The number of benzene rings is 1. The molecule has 0 saturated carbocycles. The zero-order valence-corrected chi connectivity index (χ0v) is 9.16. The molecule has 1 aliphatic rings. The Labute approximate surface area is 91.9 Å². The van der Waals surface area contributed by atoms with Gasteiger partial charge < -0.3 is 10.5 Å². The average Bonchev–Trinajstić information content (AvgIpc) is 2.67. The Morgan fingerprint density at radius 2 is 1.87 bits per heavy atom. The highest BCUT2D eigenvalue weighted by Crippen LogP contribution is 2.26. The summed E-state index contributed by atoms with van der Waals surface area (Å²) in [5, 5.41) is 6.83. The highest BCUT2D eigenvalue weighted by Gasteiger charge is 2.20. The molecule has 0 spiro atoms. The minimum absolute atomic E-state index is 0.263. The van der Waals surface area contributed by atoms with Crippen LogP contribution in [0.2, 0.25) is 0 Å². The summed E-state index contributed by atoms with van der Waals surface area (Å²) in [6.45, 7) is 2.48. The van der Waals surface area contributed by atoms with Gasteiger partial charge in [0.1, 0.15) is 0 Å². The van der Waals surface area contributed by atoms with Crippen LogP contribution in [0.4, 0.5) is 11.4 Å². The minimum Gasteiger partial charge on any atom is -0.404 e. The summed E-state index contributed by atoms with van der Waals surface area (Å²) in [7, 11) is 0. The van der Waals surface area contributed by atoms with Gasteiger partial charge in [-0.1, -0.05) is 43.9 Å². The number of allylic oxidation sites excluding steroid dienone is 1. The van der Waals surface area contributed by atoms with E-state index in [0.717, 1.165) is 0 Å². The number of anilines is 2. The molecular weight excluding hydrogens is 183 g/mol. The Morgan fingerprint density at radius 1 is 1.20 bits per heavy atom. The van der Waals surface area contributed by atoms with Crippen LogP contribution in [0.5, 0.6) is 0 Å². The summed E-state index contributed by atoms with van der Waals surface area (Å²) in [5.74, 6) is 2.20. The molecule has 2 nitrogen and oxygen atoms in total. The molecule has 1 aromatic rings. The van der Waals surface area contributed by atoms with E-state index in [9.17, 15) is 0 Å². The zero-order chi connectivity index (χ0) is 10.5. The molecule has 15 heavy (non-hydrogen) atoms. The van der Waals surface area contributed by atoms with Crippen LogP contribution in [0.25, 0.3) is 0 Å². The molecule has 2 N–H and O–H groups in total. The van der Waals surface area contributed by atoms with E-state index in [4.69, 9.17) is 0 Å². The zero-order valence-electron chi connectivity index (χ0n) is 9.16. The molecule has 78 valence electrons. The lowest BCUT2D eigenvalue weighted by Crippen LogP contribution is -2.25. The van der Waals surface area contributed by atoms with E-state index in [1.165, 1.54) is 30.6 Å². The molecule has 0 radical (unpaired) electrons. The van der Waals surface area contributed by atoms with Crippen LogP contribution >= 0.6 is 0 Å². The monoisotopic (exact) mass is 200 g/mol. The first kappa shape index (κ1) is 10.2. The van der Waals surface area contributed by atoms with E-state index in [1.807, 2.05) is 0 Å². The van der Waals surface area contributed by atoms with Crippen LogP contribution in [0.3, 0.4) is 0 Å². The molecule has 0 atom stereocenters. The van der Waals surface area contributed by atoms with Crippen molar-refractivity contribution in [2.45, 2.75) is 26.2 Å². The van der Waals surface area contributed by atoms with Crippen molar-refractivity contribution in [1.29, 1.82) is 0 Å². The standard InChI is InChI=1S/C12H17BN2/c1-2-3-4-7-10-13-14-11-8-5-6-9-12(11)15-13/h5-10,14-15H,2-4H2,1H3/b10-7+. The molecule has 0 fully saturated rings. The van der Waals surface area contributed by atoms with Crippen LogP contribution in [0.1, 0.15) is 26.2 Å². The van der Waals surface area contributed by atoms with Crippen LogP contribution in [-0.2, 0) is 0 Å². The molecule has 3 heteroatoms. The quantitative estimate of drug-likeness (QED) is 0.575. The number of nitrogens with one attached hydrogen (secondary N) is 2. The SMILES string of the molecule is CCCC/C=C/B1Nc2ccccc2N1. The number of hydrogen-bond acceptors (Lipinski definition) is 2. The molecule has 1 aliphatic heterocycles. The first-order valence-electron chi connectivity index (χ1n) is 5.69. The first-order valence-corrected chi connectivity index (χ1v) is 5.69. The molecular formula is C12H17BN2. The first-order chi connectivity index (χ1) is 7.40. The Balaban J connectivity index is 1.87. The molecule has 0 aliphatic carbocycles. The molecule has 0 saturated heterocycles. The van der Waals surface area contributed by atoms with Gasteiger partial charge in [-0.25, -0.2) is 0 Å². The third-order valence-electron chi connectivity index (χ3n) is 2.60. The maximum atomic E-state index is 3.41. The number of unbranched alkanes of at least 4 members (excludes halogenated alkanes) is 2. The van der Waals surface area contributed by atoms with Gasteiger partial charge in [-0.15, -0.1) is 0 Å². The smallest absolute Gasteiger partial charge is 0.398 e. The van der Waals surface area contributed by atoms with E-state index >= 15 is 0 Å². The van der Waals surface area contributed by atoms with Crippen LogP contribution < -0.4 is 10.5 Å². The van der Waals surface area contributed by atoms with Crippen LogP contribution in [0.15, 0.2) is 36.3 Å². The fourth-order valence-corrected chi connectivity index (χ4v) is 1.76. The average molecular weight is 200 g/mol. The topological polar surface area (TPSA) is 24.1 Å². The van der Waals surface area contributed by atoms with Gasteiger partial charge in [0.15, 0.2) is 0 Å². The van der Waals surface area contributed by atoms with Gasteiger partial charge in [0.05, 0.1) is 0 Å². The van der Waals surface area contributed by atoms with Crippen LogP contribution in [-0.4, -0.2) is 6.98 Å². The summed E-state index contributed by atoms with van der Waals surface area (Å²) < 4.78 is 0. The summed E-state index contributed by atoms with van der Waals surface area (Å²) in [6, 6.07) is 8.30. The van der Waals surface area contributed by atoms with Crippen LogP contribution in [0, 0.1) is 0 Å². The number of rotatable bonds is 4. The Hall–Kier alpha value is -1.38. The predicted molar refractivity (Wildman–Crippen MR) is 68.1 cm³/mol. The van der Waals surface area contributed by atoms with Gasteiger partial charge >= 0.3 is 6.98 Å². The highest BCUT2D eigenvalue weighted by atomic mass is 15.0. The lowest BCUT2D eigenvalue weighted by Gasteiger charge is -1.99. The van der Waals surface area contributed by atoms with Crippen molar-refractivity contribution >= 4 is 18.4 Å². The fraction of sp³-hybridized carbons (Fsp3) is 0.333. The number of fused-ring (bicyclic) bond motifs is 1. The maximum Gasteiger partial charge on any atom is 0.398 e. The van der Waals surface area contributed by atoms with Gasteiger partial charge in [0.2, 0.25) is 0 Å². The Kier molecular flexibility index (Phi) is 3.33. The lowest BCUT2D eigenvalue weighted by molar-refractivity contribution is 0.815. The highest BCUT2D eigenvalue weighted by molar-refractivity contribution is 6.73. The van der Waals surface area contributed by atoms with E-state index < -0.39 is 0 Å². The van der Waals surface area contributed by atoms with Crippen molar-refractivity contribution in [2.75, 3.05) is 10.5 Å². The number of hydrogen-bond donors (Lipinski definition) is 2. The third kappa shape index (κ3) is 2.55. The van der Waals surface area contributed by atoms with Gasteiger partial charge in [0, 0.05) is 11.4 Å². The van der Waals surface area contributed by atoms with Gasteiger partial charge in [-0.05, 0) is 18.6 Å².